The molecule has 0 saturated carbocycles. The minimum absolute atomic E-state index is 0.152. The second-order valence-electron chi connectivity index (χ2n) is 20.9. The molecule has 0 aliphatic rings. The van der Waals surface area contributed by atoms with Crippen molar-refractivity contribution in [3.63, 3.8) is 0 Å². The van der Waals surface area contributed by atoms with Crippen LogP contribution in [0.15, 0.2) is 146 Å². The molecule has 12 aromatic rings. The highest BCUT2D eigenvalue weighted by Crippen LogP contribution is 2.28. The van der Waals surface area contributed by atoms with Crippen LogP contribution in [-0.2, 0) is 52.6 Å². The molecule has 12 rings (SSSR count). The lowest BCUT2D eigenvalue weighted by Crippen LogP contribution is -1.83. The summed E-state index contributed by atoms with van der Waals surface area (Å²) in [4.78, 5) is 12.7. The summed E-state index contributed by atoms with van der Waals surface area (Å²) in [6, 6.07) is 34.7. The Morgan fingerprint density at radius 2 is 0.720 bits per heavy atom. The van der Waals surface area contributed by atoms with E-state index in [0.717, 1.165) is 118 Å². The second kappa shape index (κ2) is 30.5. The Balaban J connectivity index is 0.000000142. The van der Waals surface area contributed by atoms with Gasteiger partial charge in [0, 0.05) is 127 Å². The molecule has 0 aliphatic heterocycles. The Morgan fingerprint density at radius 1 is 0.390 bits per heavy atom. The Hall–Kier alpha value is -7.58. The molecule has 0 fully saturated rings. The number of fused-ring (bicyclic) bond motifs is 6. The van der Waals surface area contributed by atoms with E-state index >= 15 is 0 Å². The van der Waals surface area contributed by atoms with Crippen LogP contribution in [-0.4, -0.2) is 29.1 Å². The standard InChI is InChI=1S/C12H14ClN.2C12H14FN.C12H12N2.C11H12ClN.C11H12FN/c2*1-3-4-9-8-14(2)12-6-5-10(13)7-11(9)12;1-2-3-4-9-8-14-12-6-5-10(13)7-11(9)12;1-2-3-10-8-14-12-5-4-9(7-13)6-11(10)12;2*1-2-3-8-7-13-11-5-4-9(12)6-10(8)11/h2*5-8H,3-4H2,1-2H3;5-8,14H,2-4H2,1H3;4-6,8,14H,2-3H2,1H3;2*4-7,13H,2-3H2,1H3. The Labute approximate surface area is 491 Å². The Kier molecular flexibility index (Phi) is 23.0. The fourth-order valence-electron chi connectivity index (χ4n) is 10.5. The third-order valence-electron chi connectivity index (χ3n) is 14.5. The van der Waals surface area contributed by atoms with E-state index < -0.39 is 0 Å². The summed E-state index contributed by atoms with van der Waals surface area (Å²) in [5.74, 6) is -0.472. The number of aromatic nitrogens is 6. The van der Waals surface area contributed by atoms with Crippen LogP contribution < -0.4 is 0 Å². The first-order valence-corrected chi connectivity index (χ1v) is 29.7. The van der Waals surface area contributed by atoms with E-state index in [9.17, 15) is 13.2 Å². The molecule has 6 aromatic carbocycles. The zero-order valence-corrected chi connectivity index (χ0v) is 50.3. The number of H-pyrrole nitrogens is 4. The largest absolute Gasteiger partial charge is 0.361 e. The summed E-state index contributed by atoms with van der Waals surface area (Å²) in [6.07, 6.45) is 26.7. The first kappa shape index (κ1) is 62.0. The van der Waals surface area contributed by atoms with Crippen molar-refractivity contribution in [1.29, 1.82) is 5.26 Å². The monoisotopic (exact) mass is 1140 g/mol. The molecule has 0 aliphatic carbocycles. The second-order valence-corrected chi connectivity index (χ2v) is 21.8. The van der Waals surface area contributed by atoms with E-state index in [0.29, 0.717) is 0 Å². The molecule has 0 amide bonds. The number of hydrogen-bond donors (Lipinski definition) is 4. The fourth-order valence-corrected chi connectivity index (χ4v) is 10.9. The highest BCUT2D eigenvalue weighted by Gasteiger charge is 2.10. The number of halogens is 5. The molecule has 82 heavy (non-hydrogen) atoms. The van der Waals surface area contributed by atoms with Gasteiger partial charge in [-0.15, -0.1) is 0 Å². The molecular formula is C70H78Cl2F3N7. The van der Waals surface area contributed by atoms with Crippen molar-refractivity contribution in [2.75, 3.05) is 0 Å². The van der Waals surface area contributed by atoms with Gasteiger partial charge >= 0.3 is 0 Å². The van der Waals surface area contributed by atoms with Gasteiger partial charge in [0.05, 0.1) is 11.6 Å². The van der Waals surface area contributed by atoms with Gasteiger partial charge in [-0.1, -0.05) is 103 Å². The van der Waals surface area contributed by atoms with Crippen LogP contribution in [0.5, 0.6) is 0 Å². The fraction of sp³-hybridized carbons (Fsp3) is 0.300. The van der Waals surface area contributed by atoms with E-state index in [1.807, 2.05) is 74.2 Å². The molecule has 0 atom stereocenters. The molecule has 0 unspecified atom stereocenters. The summed E-state index contributed by atoms with van der Waals surface area (Å²) >= 11 is 11.9. The topological polar surface area (TPSA) is 96.8 Å². The third-order valence-corrected chi connectivity index (χ3v) is 15.0. The lowest BCUT2D eigenvalue weighted by Gasteiger charge is -1.97. The van der Waals surface area contributed by atoms with Crippen LogP contribution in [0.4, 0.5) is 13.2 Å². The van der Waals surface area contributed by atoms with Crippen LogP contribution in [0, 0.1) is 28.8 Å². The molecule has 7 nitrogen and oxygen atoms in total. The van der Waals surface area contributed by atoms with Crippen LogP contribution in [0.1, 0.15) is 125 Å². The van der Waals surface area contributed by atoms with Crippen LogP contribution >= 0.6 is 23.2 Å². The lowest BCUT2D eigenvalue weighted by molar-refractivity contribution is 0.629. The lowest BCUT2D eigenvalue weighted by atomic mass is 10.1. The summed E-state index contributed by atoms with van der Waals surface area (Å²) in [6.45, 7) is 13.0. The van der Waals surface area contributed by atoms with Gasteiger partial charge in [-0.25, -0.2) is 13.2 Å². The van der Waals surface area contributed by atoms with E-state index in [1.165, 1.54) is 98.0 Å². The Bertz CT molecular complexity index is 3840. The first-order valence-electron chi connectivity index (χ1n) is 29.0. The average molecular weight is 1150 g/mol. The van der Waals surface area contributed by atoms with Crippen molar-refractivity contribution in [1.82, 2.24) is 29.1 Å². The van der Waals surface area contributed by atoms with Gasteiger partial charge in [0.15, 0.2) is 0 Å². The van der Waals surface area contributed by atoms with E-state index in [4.69, 9.17) is 28.5 Å². The zero-order chi connectivity index (χ0) is 58.7. The van der Waals surface area contributed by atoms with E-state index in [1.54, 1.807) is 30.3 Å². The predicted molar refractivity (Wildman–Crippen MR) is 342 cm³/mol. The van der Waals surface area contributed by atoms with Gasteiger partial charge in [-0.3, -0.25) is 0 Å². The SMILES string of the molecule is CCCCc1c[nH]c2ccc(F)cc12.CCCc1c[nH]c2ccc(C#N)cc12.CCCc1c[nH]c2ccc(Cl)cc12.CCCc1c[nH]c2ccc(F)cc12.CCCc1cn(C)c2ccc(Cl)cc12.CCCc1cn(C)c2ccc(F)cc12. The van der Waals surface area contributed by atoms with Gasteiger partial charge in [0.2, 0.25) is 0 Å². The first-order chi connectivity index (χ1) is 39.7. The summed E-state index contributed by atoms with van der Waals surface area (Å²) < 4.78 is 43.2. The smallest absolute Gasteiger partial charge is 0.123 e. The van der Waals surface area contributed by atoms with Crippen LogP contribution in [0.2, 0.25) is 10.0 Å². The van der Waals surface area contributed by atoms with Crippen molar-refractivity contribution in [3.05, 3.63) is 213 Å². The average Bonchev–Trinajstić information content (AvgIpc) is 4.44. The number of hydrogen-bond acceptors (Lipinski definition) is 1. The van der Waals surface area contributed by atoms with Crippen molar-refractivity contribution in [2.45, 2.75) is 125 Å². The molecule has 0 saturated heterocycles. The van der Waals surface area contributed by atoms with Gasteiger partial charge < -0.3 is 29.1 Å². The van der Waals surface area contributed by atoms with E-state index in [2.05, 4.69) is 114 Å². The maximum atomic E-state index is 13.1. The van der Waals surface area contributed by atoms with Gasteiger partial charge in [0.1, 0.15) is 17.5 Å². The number of benzene rings is 6. The van der Waals surface area contributed by atoms with Gasteiger partial charge in [-0.05, 0) is 188 Å². The molecule has 0 radical (unpaired) electrons. The minimum atomic E-state index is -0.163. The quantitative estimate of drug-likeness (QED) is 0.0909. The maximum absolute atomic E-state index is 13.1. The normalized spacial score (nSPS) is 10.9. The maximum Gasteiger partial charge on any atom is 0.123 e. The predicted octanol–water partition coefficient (Wildman–Crippen LogP) is 20.7. The number of nitrogens with zero attached hydrogens (tertiary/aromatic N) is 3. The van der Waals surface area contributed by atoms with E-state index in [-0.39, 0.29) is 17.5 Å². The molecule has 4 N–H and O–H groups in total. The number of aromatic amines is 4. The number of rotatable bonds is 13. The number of aryl methyl sites for hydroxylation is 8. The third kappa shape index (κ3) is 16.1. The van der Waals surface area contributed by atoms with Gasteiger partial charge in [-0.2, -0.15) is 5.26 Å². The molecule has 0 spiro atoms. The zero-order valence-electron chi connectivity index (χ0n) is 48.8. The summed E-state index contributed by atoms with van der Waals surface area (Å²) in [5.41, 5.74) is 15.2. The summed E-state index contributed by atoms with van der Waals surface area (Å²) in [5, 5.41) is 17.3. The van der Waals surface area contributed by atoms with Crippen molar-refractivity contribution < 1.29 is 13.2 Å². The molecule has 6 heterocycles. The molecule has 6 aromatic heterocycles. The highest BCUT2D eigenvalue weighted by atomic mass is 35.5. The van der Waals surface area contributed by atoms with Crippen LogP contribution in [0.25, 0.3) is 65.4 Å². The van der Waals surface area contributed by atoms with Crippen molar-refractivity contribution in [2.24, 2.45) is 14.1 Å². The molecular weight excluding hydrogens is 1070 g/mol. The Morgan fingerprint density at radius 3 is 1.16 bits per heavy atom. The van der Waals surface area contributed by atoms with Crippen molar-refractivity contribution >= 4 is 88.6 Å². The van der Waals surface area contributed by atoms with Gasteiger partial charge in [0.25, 0.3) is 0 Å². The number of nitrogens with one attached hydrogen (secondary N) is 4. The summed E-state index contributed by atoms with van der Waals surface area (Å²) in [7, 11) is 4.08. The number of unbranched alkanes of at least 4 members (excludes halogenated alkanes) is 1. The minimum Gasteiger partial charge on any atom is -0.361 e. The van der Waals surface area contributed by atoms with Crippen molar-refractivity contribution in [3.8, 4) is 6.07 Å². The van der Waals surface area contributed by atoms with Crippen LogP contribution in [0.3, 0.4) is 0 Å². The molecule has 428 valence electrons. The molecule has 0 bridgehead atoms. The molecule has 12 heteroatoms. The number of nitriles is 1. The highest BCUT2D eigenvalue weighted by molar-refractivity contribution is 6.31.